The van der Waals surface area contributed by atoms with E-state index in [1.165, 1.54) is 33.5 Å². The summed E-state index contributed by atoms with van der Waals surface area (Å²) in [6.07, 6.45) is 0. The molecule has 3 rings (SSSR count). The summed E-state index contributed by atoms with van der Waals surface area (Å²) in [4.78, 5) is 24.4. The largest absolute Gasteiger partial charge is 0.477 e. The van der Waals surface area contributed by atoms with Gasteiger partial charge in [0.25, 0.3) is 5.91 Å². The number of aryl methyl sites for hydroxylation is 1. The molecule has 0 radical (unpaired) electrons. The van der Waals surface area contributed by atoms with E-state index in [2.05, 4.69) is 0 Å². The molecule has 0 atom stereocenters. The van der Waals surface area contributed by atoms with Gasteiger partial charge in [0.05, 0.1) is 15.4 Å². The Hall–Kier alpha value is -3.49. The first-order valence-electron chi connectivity index (χ1n) is 9.39. The molecule has 2 aromatic carbocycles. The lowest BCUT2D eigenvalue weighted by Crippen LogP contribution is -2.51. The van der Waals surface area contributed by atoms with E-state index in [4.69, 9.17) is 4.74 Å². The second kappa shape index (κ2) is 9.11. The highest BCUT2D eigenvalue weighted by Crippen LogP contribution is 2.28. The van der Waals surface area contributed by atoms with Crippen LogP contribution in [0.15, 0.2) is 47.4 Å². The molecular weight excluding hydrogens is 424 g/mol. The van der Waals surface area contributed by atoms with E-state index in [1.807, 2.05) is 6.07 Å². The highest BCUT2D eigenvalue weighted by atomic mass is 32.2. The highest BCUT2D eigenvalue weighted by Gasteiger charge is 2.31. The summed E-state index contributed by atoms with van der Waals surface area (Å²) in [7, 11) is -3.86. The minimum Gasteiger partial charge on any atom is -0.477 e. The van der Waals surface area contributed by atoms with Gasteiger partial charge in [-0.15, -0.1) is 0 Å². The average molecular weight is 444 g/mol. The minimum atomic E-state index is -3.86. The third-order valence-corrected chi connectivity index (χ3v) is 6.84. The Labute approximate surface area is 179 Å². The Bertz CT molecular complexity index is 1150. The molecule has 1 saturated heterocycles. The van der Waals surface area contributed by atoms with Crippen LogP contribution in [0.1, 0.15) is 11.1 Å². The molecule has 0 bridgehead atoms. The standard InChI is InChI=1S/C20H20N4O6S/c1-15-6-7-17(24(26)27)18(12-15)30-14-20(25)22-8-10-23(11-9-22)31(28,29)19-5-3-2-4-16(19)13-21/h2-7,12H,8-11,14H2,1H3. The number of piperazine rings is 1. The van der Waals surface area contributed by atoms with Crippen molar-refractivity contribution in [2.75, 3.05) is 32.8 Å². The lowest BCUT2D eigenvalue weighted by Gasteiger charge is -2.34. The predicted molar refractivity (Wildman–Crippen MR) is 110 cm³/mol. The maximum atomic E-state index is 12.9. The lowest BCUT2D eigenvalue weighted by atomic mass is 10.2. The smallest absolute Gasteiger partial charge is 0.310 e. The van der Waals surface area contributed by atoms with Gasteiger partial charge in [0.2, 0.25) is 10.0 Å². The molecule has 162 valence electrons. The number of amides is 1. The molecule has 1 fully saturated rings. The molecule has 2 aromatic rings. The van der Waals surface area contributed by atoms with Crippen molar-refractivity contribution in [3.63, 3.8) is 0 Å². The zero-order valence-electron chi connectivity index (χ0n) is 16.7. The molecule has 0 saturated carbocycles. The number of nitriles is 1. The molecule has 0 spiro atoms. The third kappa shape index (κ3) is 4.82. The maximum Gasteiger partial charge on any atom is 0.310 e. The van der Waals surface area contributed by atoms with Crippen LogP contribution in [0.4, 0.5) is 5.69 Å². The summed E-state index contributed by atoms with van der Waals surface area (Å²) in [6, 6.07) is 12.2. The second-order valence-electron chi connectivity index (χ2n) is 6.91. The van der Waals surface area contributed by atoms with Gasteiger partial charge in [-0.05, 0) is 30.7 Å². The van der Waals surface area contributed by atoms with Crippen LogP contribution in [0, 0.1) is 28.4 Å². The summed E-state index contributed by atoms with van der Waals surface area (Å²) in [6.45, 7) is 1.78. The van der Waals surface area contributed by atoms with Crippen LogP contribution in [0.3, 0.4) is 0 Å². The minimum absolute atomic E-state index is 0.00711. The molecular formula is C20H20N4O6S. The zero-order valence-corrected chi connectivity index (χ0v) is 17.5. The third-order valence-electron chi connectivity index (χ3n) is 4.88. The Balaban J connectivity index is 1.62. The first-order chi connectivity index (χ1) is 14.7. The van der Waals surface area contributed by atoms with Crippen molar-refractivity contribution in [2.45, 2.75) is 11.8 Å². The van der Waals surface area contributed by atoms with Gasteiger partial charge in [0.1, 0.15) is 6.07 Å². The number of nitrogens with zero attached hydrogens (tertiary/aromatic N) is 4. The van der Waals surface area contributed by atoms with Gasteiger partial charge in [0.15, 0.2) is 12.4 Å². The molecule has 1 aliphatic rings. The number of hydrogen-bond acceptors (Lipinski definition) is 7. The Morgan fingerprint density at radius 1 is 1.19 bits per heavy atom. The fourth-order valence-electron chi connectivity index (χ4n) is 3.22. The molecule has 1 heterocycles. The van der Waals surface area contributed by atoms with Gasteiger partial charge in [0, 0.05) is 32.2 Å². The molecule has 31 heavy (non-hydrogen) atoms. The highest BCUT2D eigenvalue weighted by molar-refractivity contribution is 7.89. The van der Waals surface area contributed by atoms with Gasteiger partial charge in [-0.3, -0.25) is 14.9 Å². The zero-order chi connectivity index (χ0) is 22.6. The van der Waals surface area contributed by atoms with Crippen LogP contribution in [0.25, 0.3) is 0 Å². The number of nitro benzene ring substituents is 1. The van der Waals surface area contributed by atoms with Crippen molar-refractivity contribution >= 4 is 21.6 Å². The summed E-state index contributed by atoms with van der Waals surface area (Å²) in [5, 5.41) is 20.3. The first kappa shape index (κ1) is 22.2. The number of ether oxygens (including phenoxy) is 1. The van der Waals surface area contributed by atoms with Crippen molar-refractivity contribution in [2.24, 2.45) is 0 Å². The molecule has 0 aromatic heterocycles. The SMILES string of the molecule is Cc1ccc([N+](=O)[O-])c(OCC(=O)N2CCN(S(=O)(=O)c3ccccc3C#N)CC2)c1. The topological polar surface area (TPSA) is 134 Å². The molecule has 0 N–H and O–H groups in total. The first-order valence-corrected chi connectivity index (χ1v) is 10.8. The van der Waals surface area contributed by atoms with Gasteiger partial charge in [-0.25, -0.2) is 8.42 Å². The molecule has 0 unspecified atom stereocenters. The Morgan fingerprint density at radius 2 is 1.87 bits per heavy atom. The summed E-state index contributed by atoms with van der Waals surface area (Å²) in [5.74, 6) is -0.391. The summed E-state index contributed by atoms with van der Waals surface area (Å²) in [5.41, 5.74) is 0.587. The summed E-state index contributed by atoms with van der Waals surface area (Å²) >= 11 is 0. The quantitative estimate of drug-likeness (QED) is 0.489. The number of hydrogen-bond donors (Lipinski definition) is 0. The fourth-order valence-corrected chi connectivity index (χ4v) is 4.78. The number of carbonyl (C=O) groups is 1. The molecule has 0 aliphatic carbocycles. The van der Waals surface area contributed by atoms with Gasteiger partial charge in [-0.2, -0.15) is 9.57 Å². The van der Waals surface area contributed by atoms with Crippen molar-refractivity contribution < 1.29 is 22.9 Å². The number of sulfonamides is 1. The summed E-state index contributed by atoms with van der Waals surface area (Å²) < 4.78 is 32.4. The lowest BCUT2D eigenvalue weighted by molar-refractivity contribution is -0.385. The van der Waals surface area contributed by atoms with Gasteiger partial charge >= 0.3 is 5.69 Å². The van der Waals surface area contributed by atoms with Crippen molar-refractivity contribution in [3.8, 4) is 11.8 Å². The average Bonchev–Trinajstić information content (AvgIpc) is 2.77. The van der Waals surface area contributed by atoms with Crippen LogP contribution in [-0.4, -0.2) is 61.2 Å². The van der Waals surface area contributed by atoms with Crippen LogP contribution >= 0.6 is 0 Å². The number of nitro groups is 1. The van der Waals surface area contributed by atoms with E-state index in [9.17, 15) is 28.6 Å². The van der Waals surface area contributed by atoms with Crippen LogP contribution < -0.4 is 4.74 Å². The normalized spacial score (nSPS) is 14.6. The number of benzene rings is 2. The fraction of sp³-hybridized carbons (Fsp3) is 0.300. The van der Waals surface area contributed by atoms with E-state index in [1.54, 1.807) is 25.1 Å². The monoisotopic (exact) mass is 444 g/mol. The maximum absolute atomic E-state index is 12.9. The van der Waals surface area contributed by atoms with Crippen molar-refractivity contribution in [1.82, 2.24) is 9.21 Å². The molecule has 11 heteroatoms. The Morgan fingerprint density at radius 3 is 2.52 bits per heavy atom. The van der Waals surface area contributed by atoms with Crippen molar-refractivity contribution in [1.29, 1.82) is 5.26 Å². The van der Waals surface area contributed by atoms with Crippen LogP contribution in [0.2, 0.25) is 0 Å². The second-order valence-corrected chi connectivity index (χ2v) is 8.82. The van der Waals surface area contributed by atoms with Gasteiger partial charge in [-0.1, -0.05) is 18.2 Å². The van der Waals surface area contributed by atoms with E-state index in [-0.39, 0.29) is 48.1 Å². The molecule has 1 amide bonds. The van der Waals surface area contributed by atoms with E-state index >= 15 is 0 Å². The van der Waals surface area contributed by atoms with Crippen LogP contribution in [0.5, 0.6) is 5.75 Å². The van der Waals surface area contributed by atoms with Crippen LogP contribution in [-0.2, 0) is 14.8 Å². The van der Waals surface area contributed by atoms with E-state index < -0.39 is 27.5 Å². The van der Waals surface area contributed by atoms with Crippen molar-refractivity contribution in [3.05, 3.63) is 63.7 Å². The molecule has 1 aliphatic heterocycles. The van der Waals surface area contributed by atoms with E-state index in [0.717, 1.165) is 5.56 Å². The Kier molecular flexibility index (Phi) is 6.53. The number of rotatable bonds is 6. The number of carbonyl (C=O) groups excluding carboxylic acids is 1. The van der Waals surface area contributed by atoms with Gasteiger partial charge < -0.3 is 9.64 Å². The predicted octanol–water partition coefficient (Wildman–Crippen LogP) is 1.69. The molecule has 10 nitrogen and oxygen atoms in total. The van der Waals surface area contributed by atoms with E-state index in [0.29, 0.717) is 0 Å².